The summed E-state index contributed by atoms with van der Waals surface area (Å²) in [6.45, 7) is 1.85. The number of aliphatic hydroxyl groups is 17. The van der Waals surface area contributed by atoms with E-state index in [1.807, 2.05) is 117 Å². The second-order valence-corrected chi connectivity index (χ2v) is 63.4. The van der Waals surface area contributed by atoms with Crippen molar-refractivity contribution in [2.75, 3.05) is 0 Å². The Hall–Kier alpha value is -4.35. The van der Waals surface area contributed by atoms with E-state index in [2.05, 4.69) is 151 Å². The Labute approximate surface area is 885 Å². The van der Waals surface area contributed by atoms with E-state index in [1.165, 1.54) is 77.2 Å². The average Bonchev–Trinajstić information content (AvgIpc) is 1.63. The zero-order valence-electron chi connectivity index (χ0n) is 73.9. The van der Waals surface area contributed by atoms with Crippen LogP contribution in [0.4, 0.5) is 0 Å². The van der Waals surface area contributed by atoms with Gasteiger partial charge in [-0.2, -0.15) is 0 Å². The molecule has 0 amide bonds. The van der Waals surface area contributed by atoms with E-state index in [1.54, 1.807) is 56.7 Å². The van der Waals surface area contributed by atoms with Crippen molar-refractivity contribution in [1.29, 1.82) is 0 Å². The zero-order chi connectivity index (χ0) is 97.0. The predicted octanol–water partition coefficient (Wildman–Crippen LogP) is 11.9. The standard InChI is InChI=1S/C16H17NO3SSe.C16H17NO3Se2.C15H15NO2Se2.C15H14O3SSe2.C10H10O2SSe.C10H10O2Se2.2C9H8OSSe/c1-17-13(15-5-3-12(9-20)22-15)6-10(7-18)16(17)14-4-2-11(8-19)21-14;1-17-13(14-4-2-11(8-19)21-14)6-10(7-18)16(17)15-5-3-12(9-20)22-15;1-16-12(13-5-4-11(9-18)20-13)7-10(8-17)15(16)14-3-2-6-19-14;16-6-9-5-12(13-3-1-10(7-17)20-13)19-15(9)14-4-2-11(8-18)21-14;2*11-5-7-1-3-9(13-7)10-4-2-8(6-12)14-10;10-6-7-3-4-8(11-7)9-2-1-5-12-9;10-6-7-3-4-9(12-7)8-2-1-5-11-8/h2*2-6,18-20H,7-9H2,1H3;2-7,17-18H,8-9H2,1H3;1-5,16-18H,6-8H2;2*1-4,11-12H,5-6H2;2*1-5,10H,6H2. The summed E-state index contributed by atoms with van der Waals surface area (Å²) in [5, 5.41) is 159. The van der Waals surface area contributed by atoms with Gasteiger partial charge in [0.15, 0.2) is 0 Å². The molecule has 37 heteroatoms. The number of aliphatic hydroxyl groups excluding tert-OH is 17. The molecule has 0 aromatic carbocycles. The Morgan fingerprint density at radius 2 is 0.504 bits per heavy atom. The monoisotopic (exact) mass is 2730 g/mol. The number of aromatic nitrogens is 3. The molecule has 0 saturated heterocycles. The maximum absolute atomic E-state index is 9.71. The molecule has 20 aromatic heterocycles. The van der Waals surface area contributed by atoms with E-state index >= 15 is 0 Å². The molecule has 0 aliphatic carbocycles. The molecule has 0 spiro atoms. The molecule has 20 heterocycles. The molecule has 0 aliphatic heterocycles. The van der Waals surface area contributed by atoms with E-state index in [0.29, 0.717) is 72.5 Å². The third kappa shape index (κ3) is 29.1. The molecule has 20 rings (SSSR count). The Balaban J connectivity index is 0.000000134. The van der Waals surface area contributed by atoms with Crippen molar-refractivity contribution in [3.63, 3.8) is 0 Å². The SMILES string of the molecule is Cn1c(-c2ccc(CO)[se]2)cc(CO)c1-c1ccc(CO)[se]1.Cn1c(-c2ccc(CO)[se]2)cc(CO)c1-c1ccc(CO)s1.Cn1c(-c2ccc(CO)[se]2)cc(CO)c1-c1ccc[se]1.OCc1ccc(-c2cc(CO)c(-c3ccc(CO)[se]3)s2)[se]1.OCc1ccc(-c2ccc(CO)[se]2)[se]1.OCc1ccc(-c2ccc(CO)[se]2)s1.OCc1ccc(-c2ccc[se]2)s1.OCc1ccc(-c2cccs2)[se]1. The average molecular weight is 2720 g/mol. The third-order valence-electron chi connectivity index (χ3n) is 20.5. The van der Waals surface area contributed by atoms with Gasteiger partial charge in [0.25, 0.3) is 0 Å². The minimum atomic E-state index is -0.0178. The first kappa shape index (κ1) is 110. The molecular formula is C100H99N3O17S5Se12. The Morgan fingerprint density at radius 1 is 0.212 bits per heavy atom. The van der Waals surface area contributed by atoms with Crippen molar-refractivity contribution in [2.24, 2.45) is 21.1 Å². The van der Waals surface area contributed by atoms with Gasteiger partial charge >= 0.3 is 896 Å². The second-order valence-electron chi connectivity index (χ2n) is 29.4. The van der Waals surface area contributed by atoms with Gasteiger partial charge in [-0.15, -0.1) is 0 Å². The van der Waals surface area contributed by atoms with E-state index < -0.39 is 0 Å². The van der Waals surface area contributed by atoms with Crippen LogP contribution in [0.3, 0.4) is 0 Å². The van der Waals surface area contributed by atoms with Crippen molar-refractivity contribution < 1.29 is 86.8 Å². The van der Waals surface area contributed by atoms with Crippen molar-refractivity contribution in [2.45, 2.75) is 112 Å². The van der Waals surface area contributed by atoms with Crippen LogP contribution in [0.5, 0.6) is 0 Å². The van der Waals surface area contributed by atoms with Crippen LogP contribution < -0.4 is 0 Å². The number of thiophene rings is 5. The van der Waals surface area contributed by atoms with Gasteiger partial charge in [0, 0.05) is 0 Å². The molecule has 0 unspecified atom stereocenters. The first-order valence-corrected chi connectivity index (χ1v) is 67.1. The summed E-state index contributed by atoms with van der Waals surface area (Å²) in [7, 11) is 6.08. The number of hydrogen-bond donors (Lipinski definition) is 17. The summed E-state index contributed by atoms with van der Waals surface area (Å²) >= 11 is 11.4. The topological polar surface area (TPSA) is 359 Å². The normalized spacial score (nSPS) is 11.0. The van der Waals surface area contributed by atoms with Gasteiger partial charge in [-0.25, -0.2) is 0 Å². The van der Waals surface area contributed by atoms with Crippen LogP contribution in [0.2, 0.25) is 0 Å². The summed E-state index contributed by atoms with van der Waals surface area (Å²) < 4.78 is 33.0. The summed E-state index contributed by atoms with van der Waals surface area (Å²) in [4.78, 5) is 14.6. The zero-order valence-corrected chi connectivity index (χ0v) is 98.6. The van der Waals surface area contributed by atoms with E-state index in [-0.39, 0.29) is 214 Å². The molecule has 137 heavy (non-hydrogen) atoms. The van der Waals surface area contributed by atoms with Crippen LogP contribution in [0.15, 0.2) is 234 Å². The van der Waals surface area contributed by atoms with Crippen LogP contribution in [0.25, 0.3) is 117 Å². The quantitative estimate of drug-likeness (QED) is 0.0194. The van der Waals surface area contributed by atoms with Crippen molar-refractivity contribution in [1.82, 2.24) is 13.7 Å². The molecular weight excluding hydrogens is 2620 g/mol. The summed E-state index contributed by atoms with van der Waals surface area (Å²) in [6.07, 6.45) is 0. The molecule has 17 N–H and O–H groups in total. The molecule has 0 saturated carbocycles. The van der Waals surface area contributed by atoms with E-state index in [0.717, 1.165) is 121 Å². The van der Waals surface area contributed by atoms with E-state index in [4.69, 9.17) is 30.6 Å². The van der Waals surface area contributed by atoms with Gasteiger partial charge in [-0.3, -0.25) is 0 Å². The van der Waals surface area contributed by atoms with Gasteiger partial charge < -0.3 is 0 Å². The maximum atomic E-state index is 9.71. The number of nitrogens with zero attached hydrogens (tertiary/aromatic N) is 3. The molecule has 718 valence electrons. The Bertz CT molecular complexity index is 6630. The van der Waals surface area contributed by atoms with Crippen molar-refractivity contribution in [3.05, 3.63) is 315 Å². The summed E-state index contributed by atoms with van der Waals surface area (Å²) in [6, 6.07) is 73.7. The van der Waals surface area contributed by atoms with Gasteiger partial charge in [-0.1, -0.05) is 0 Å². The van der Waals surface area contributed by atoms with Crippen molar-refractivity contribution in [3.8, 4) is 117 Å². The number of rotatable bonds is 29. The molecule has 0 radical (unpaired) electrons. The van der Waals surface area contributed by atoms with Crippen LogP contribution in [-0.2, 0) is 133 Å². The molecule has 0 atom stereocenters. The Morgan fingerprint density at radius 3 is 0.854 bits per heavy atom. The first-order chi connectivity index (χ1) is 66.8. The molecule has 0 aliphatic rings. The van der Waals surface area contributed by atoms with Gasteiger partial charge in [-0.05, 0) is 0 Å². The fraction of sp³-hybridized carbons (Fsp3) is 0.200. The van der Waals surface area contributed by atoms with Crippen LogP contribution in [0, 0.1) is 0 Å². The number of hydrogen-bond acceptors (Lipinski definition) is 22. The third-order valence-corrected chi connectivity index (χ3v) is 54.8. The molecule has 20 aromatic rings. The van der Waals surface area contributed by atoms with E-state index in [9.17, 15) is 56.2 Å². The van der Waals surface area contributed by atoms with Crippen LogP contribution in [-0.4, -0.2) is 275 Å². The fourth-order valence-electron chi connectivity index (χ4n) is 13.9. The minimum absolute atomic E-state index is 0.00557. The van der Waals surface area contributed by atoms with Crippen LogP contribution in [0.1, 0.15) is 81.3 Å². The molecule has 0 fully saturated rings. The van der Waals surface area contributed by atoms with Gasteiger partial charge in [0.05, 0.1) is 0 Å². The van der Waals surface area contributed by atoms with Gasteiger partial charge in [0.2, 0.25) is 0 Å². The summed E-state index contributed by atoms with van der Waals surface area (Å²) in [5.41, 5.74) is 10.3. The first-order valence-electron chi connectivity index (χ1n) is 42.1. The van der Waals surface area contributed by atoms with Gasteiger partial charge in [0.1, 0.15) is 0 Å². The summed E-state index contributed by atoms with van der Waals surface area (Å²) in [5.74, 6) is 0. The Kier molecular flexibility index (Phi) is 44.8. The predicted molar refractivity (Wildman–Crippen MR) is 567 cm³/mol. The fourth-order valence-corrected chi connectivity index (χ4v) is 42.5. The molecule has 0 bridgehead atoms. The second kappa shape index (κ2) is 55.8. The molecule has 20 nitrogen and oxygen atoms in total. The van der Waals surface area contributed by atoms with Crippen molar-refractivity contribution >= 4 is 231 Å². The van der Waals surface area contributed by atoms with Crippen LogP contribution >= 0.6 is 56.7 Å².